The smallest absolute Gasteiger partial charge is 0.311 e. The second-order valence-corrected chi connectivity index (χ2v) is 9.34. The first-order chi connectivity index (χ1) is 13.1. The van der Waals surface area contributed by atoms with Gasteiger partial charge in [0.05, 0.1) is 5.25 Å². The average Bonchev–Trinajstić information content (AvgIpc) is 2.63. The molecule has 0 aliphatic carbocycles. The van der Waals surface area contributed by atoms with Gasteiger partial charge in [-0.05, 0) is 49.2 Å². The summed E-state index contributed by atoms with van der Waals surface area (Å²) in [6.07, 6.45) is 0. The molecule has 0 N–H and O–H groups in total. The van der Waals surface area contributed by atoms with Crippen LogP contribution in [-0.4, -0.2) is 24.5 Å². The molecule has 0 heterocycles. The first-order valence-corrected chi connectivity index (χ1v) is 10.6. The van der Waals surface area contributed by atoms with Gasteiger partial charge in [0.25, 0.3) is 0 Å². The Kier molecular flexibility index (Phi) is 7.18. The lowest BCUT2D eigenvalue weighted by Crippen LogP contribution is -2.33. The fourth-order valence-electron chi connectivity index (χ4n) is 2.49. The number of hydrogen-bond donors (Lipinski definition) is 0. The van der Waals surface area contributed by atoms with Crippen LogP contribution in [0.5, 0.6) is 5.75 Å². The van der Waals surface area contributed by atoms with Gasteiger partial charge in [-0.25, -0.2) is 4.39 Å². The van der Waals surface area contributed by atoms with Crippen LogP contribution >= 0.6 is 0 Å². The van der Waals surface area contributed by atoms with Crippen molar-refractivity contribution in [2.75, 3.05) is 0 Å². The van der Waals surface area contributed by atoms with Crippen molar-refractivity contribution in [1.29, 1.82) is 0 Å². The summed E-state index contributed by atoms with van der Waals surface area (Å²) in [6, 6.07) is 12.7. The standard InChI is InChI=1S/C21H26FNO4S/c1-15(2)21(24)23(13-17-5-9-19(22)10-6-17)14-18-7-11-20(12-8-18)27-28(25,26)16(3)4/h5-12,15-16H,13-14H2,1-4H3. The van der Waals surface area contributed by atoms with Gasteiger partial charge in [-0.15, -0.1) is 0 Å². The van der Waals surface area contributed by atoms with Crippen molar-refractivity contribution in [2.24, 2.45) is 5.92 Å². The highest BCUT2D eigenvalue weighted by atomic mass is 32.2. The fraction of sp³-hybridized carbons (Fsp3) is 0.381. The summed E-state index contributed by atoms with van der Waals surface area (Å²) in [5, 5.41) is -0.637. The van der Waals surface area contributed by atoms with Crippen LogP contribution in [0.3, 0.4) is 0 Å². The number of halogens is 1. The Balaban J connectivity index is 2.15. The number of carbonyl (C=O) groups excluding carboxylic acids is 1. The molecule has 0 aromatic heterocycles. The van der Waals surface area contributed by atoms with Crippen molar-refractivity contribution < 1.29 is 21.8 Å². The van der Waals surface area contributed by atoms with Gasteiger partial charge in [0.1, 0.15) is 11.6 Å². The van der Waals surface area contributed by atoms with E-state index in [2.05, 4.69) is 0 Å². The minimum absolute atomic E-state index is 0.0213. The minimum atomic E-state index is -3.65. The molecule has 0 spiro atoms. The number of nitrogens with zero attached hydrogens (tertiary/aromatic N) is 1. The van der Waals surface area contributed by atoms with Gasteiger partial charge in [-0.3, -0.25) is 4.79 Å². The van der Waals surface area contributed by atoms with Crippen LogP contribution in [0, 0.1) is 11.7 Å². The van der Waals surface area contributed by atoms with E-state index in [1.165, 1.54) is 12.1 Å². The number of hydrogen-bond acceptors (Lipinski definition) is 4. The third-order valence-electron chi connectivity index (χ3n) is 4.18. The summed E-state index contributed by atoms with van der Waals surface area (Å²) < 4.78 is 41.9. The van der Waals surface area contributed by atoms with Gasteiger partial charge in [0.15, 0.2) is 0 Å². The van der Waals surface area contributed by atoms with Crippen LogP contribution in [0.25, 0.3) is 0 Å². The highest BCUT2D eigenvalue weighted by Gasteiger charge is 2.20. The molecule has 0 aliphatic heterocycles. The lowest BCUT2D eigenvalue weighted by molar-refractivity contribution is -0.135. The number of amides is 1. The number of carbonyl (C=O) groups is 1. The monoisotopic (exact) mass is 407 g/mol. The molecule has 5 nitrogen and oxygen atoms in total. The zero-order valence-corrected chi connectivity index (χ0v) is 17.4. The maximum Gasteiger partial charge on any atom is 0.311 e. The highest BCUT2D eigenvalue weighted by Crippen LogP contribution is 2.19. The minimum Gasteiger partial charge on any atom is -0.382 e. The van der Waals surface area contributed by atoms with E-state index in [0.29, 0.717) is 13.1 Å². The molecule has 0 unspecified atom stereocenters. The van der Waals surface area contributed by atoms with Crippen LogP contribution in [0.15, 0.2) is 48.5 Å². The first kappa shape index (κ1) is 21.9. The second kappa shape index (κ2) is 9.19. The Hall–Kier alpha value is -2.41. The number of benzene rings is 2. The molecule has 152 valence electrons. The molecule has 0 radical (unpaired) electrons. The van der Waals surface area contributed by atoms with E-state index < -0.39 is 15.4 Å². The molecule has 2 rings (SSSR count). The van der Waals surface area contributed by atoms with Crippen molar-refractivity contribution in [2.45, 2.75) is 46.0 Å². The molecule has 0 saturated carbocycles. The van der Waals surface area contributed by atoms with Crippen molar-refractivity contribution in [3.63, 3.8) is 0 Å². The molecule has 0 aliphatic rings. The van der Waals surface area contributed by atoms with E-state index in [1.54, 1.807) is 55.1 Å². The van der Waals surface area contributed by atoms with Crippen molar-refractivity contribution >= 4 is 16.0 Å². The largest absolute Gasteiger partial charge is 0.382 e. The summed E-state index contributed by atoms with van der Waals surface area (Å²) >= 11 is 0. The van der Waals surface area contributed by atoms with Crippen LogP contribution in [0.2, 0.25) is 0 Å². The molecule has 0 fully saturated rings. The van der Waals surface area contributed by atoms with Gasteiger partial charge in [-0.2, -0.15) is 8.42 Å². The summed E-state index contributed by atoms with van der Waals surface area (Å²) in [5.41, 5.74) is 1.67. The van der Waals surface area contributed by atoms with Crippen molar-refractivity contribution in [3.8, 4) is 5.75 Å². The zero-order valence-electron chi connectivity index (χ0n) is 16.6. The Morgan fingerprint density at radius 1 is 0.929 bits per heavy atom. The summed E-state index contributed by atoms with van der Waals surface area (Å²) in [7, 11) is -3.65. The van der Waals surface area contributed by atoms with Crippen molar-refractivity contribution in [3.05, 3.63) is 65.5 Å². The molecule has 0 atom stereocenters. The van der Waals surface area contributed by atoms with Gasteiger partial charge in [-0.1, -0.05) is 38.1 Å². The first-order valence-electron chi connectivity index (χ1n) is 9.14. The molecule has 7 heteroatoms. The lowest BCUT2D eigenvalue weighted by atomic mass is 10.1. The van der Waals surface area contributed by atoms with Crippen LogP contribution < -0.4 is 4.18 Å². The van der Waals surface area contributed by atoms with Crippen molar-refractivity contribution in [1.82, 2.24) is 4.90 Å². The lowest BCUT2D eigenvalue weighted by Gasteiger charge is -2.25. The zero-order chi connectivity index (χ0) is 20.9. The predicted molar refractivity (Wildman–Crippen MR) is 107 cm³/mol. The quantitative estimate of drug-likeness (QED) is 0.618. The molecular formula is C21H26FNO4S. The average molecular weight is 408 g/mol. The summed E-state index contributed by atoms with van der Waals surface area (Å²) in [5.74, 6) is -0.290. The van der Waals surface area contributed by atoms with Crippen LogP contribution in [0.1, 0.15) is 38.8 Å². The van der Waals surface area contributed by atoms with E-state index in [9.17, 15) is 17.6 Å². The molecule has 28 heavy (non-hydrogen) atoms. The maximum absolute atomic E-state index is 13.1. The Morgan fingerprint density at radius 3 is 1.82 bits per heavy atom. The summed E-state index contributed by atoms with van der Waals surface area (Å²) in [6.45, 7) is 7.47. The van der Waals surface area contributed by atoms with Gasteiger partial charge in [0, 0.05) is 19.0 Å². The van der Waals surface area contributed by atoms with E-state index in [0.717, 1.165) is 11.1 Å². The Morgan fingerprint density at radius 2 is 1.39 bits per heavy atom. The van der Waals surface area contributed by atoms with E-state index in [1.807, 2.05) is 13.8 Å². The second-order valence-electron chi connectivity index (χ2n) is 7.24. The molecule has 1 amide bonds. The van der Waals surface area contributed by atoms with Crippen LogP contribution in [-0.2, 0) is 28.0 Å². The molecule has 2 aromatic carbocycles. The molecular weight excluding hydrogens is 381 g/mol. The topological polar surface area (TPSA) is 63.7 Å². The molecule has 0 bridgehead atoms. The normalized spacial score (nSPS) is 11.7. The number of rotatable bonds is 8. The predicted octanol–water partition coefficient (Wildman–Crippen LogP) is 4.13. The third kappa shape index (κ3) is 6.05. The SMILES string of the molecule is CC(C)C(=O)N(Cc1ccc(F)cc1)Cc1ccc(OS(=O)(=O)C(C)C)cc1. The van der Waals surface area contributed by atoms with Gasteiger partial charge >= 0.3 is 10.1 Å². The van der Waals surface area contributed by atoms with Gasteiger partial charge < -0.3 is 9.08 Å². The highest BCUT2D eigenvalue weighted by molar-refractivity contribution is 7.87. The maximum atomic E-state index is 13.1. The van der Waals surface area contributed by atoms with Crippen LogP contribution in [0.4, 0.5) is 4.39 Å². The molecule has 2 aromatic rings. The van der Waals surface area contributed by atoms with E-state index in [4.69, 9.17) is 4.18 Å². The molecule has 0 saturated heterocycles. The van der Waals surface area contributed by atoms with E-state index >= 15 is 0 Å². The Bertz CT molecular complexity index is 891. The van der Waals surface area contributed by atoms with Gasteiger partial charge in [0.2, 0.25) is 5.91 Å². The fourth-order valence-corrected chi connectivity index (χ4v) is 3.06. The Labute approximate surface area is 166 Å². The third-order valence-corrected chi connectivity index (χ3v) is 5.76. The summed E-state index contributed by atoms with van der Waals surface area (Å²) in [4.78, 5) is 14.3. The van der Waals surface area contributed by atoms with E-state index in [-0.39, 0.29) is 23.4 Å².